The average Bonchev–Trinajstić information content (AvgIpc) is 2.77. The van der Waals surface area contributed by atoms with Crippen LogP contribution in [0.25, 0.3) is 0 Å². The molecule has 7 nitrogen and oxygen atoms in total. The Balaban J connectivity index is 1.99. The summed E-state index contributed by atoms with van der Waals surface area (Å²) in [5.74, 6) is 1.41. The van der Waals surface area contributed by atoms with Gasteiger partial charge in [-0.05, 0) is 36.8 Å². The highest BCUT2D eigenvalue weighted by atomic mass is 32.2. The third-order valence-electron chi connectivity index (χ3n) is 5.07. The molecule has 0 bridgehead atoms. The van der Waals surface area contributed by atoms with Crippen molar-refractivity contribution in [3.05, 3.63) is 60.2 Å². The Hall–Kier alpha value is -2.55. The zero-order chi connectivity index (χ0) is 21.9. The first-order chi connectivity index (χ1) is 14.3. The molecule has 1 saturated heterocycles. The van der Waals surface area contributed by atoms with Gasteiger partial charge in [0.1, 0.15) is 0 Å². The predicted molar refractivity (Wildman–Crippen MR) is 114 cm³/mol. The van der Waals surface area contributed by atoms with E-state index in [1.165, 1.54) is 25.6 Å². The van der Waals surface area contributed by atoms with Crippen molar-refractivity contribution in [2.24, 2.45) is 0 Å². The molecule has 0 N–H and O–H groups in total. The standard InChI is InChI=1S/C22H27NO6S/c1-6-17-13-23(30(24,25)18-9-7-15(2)8-10-18)14-21(29-17)16-11-19(26-3)22(28-5)20(12-16)27-4/h6-12,17,21H,1,13-14H2,2-5H3/t17-,21-/m1/s1. The first kappa shape index (κ1) is 22.1. The van der Waals surface area contributed by atoms with Gasteiger partial charge in [0.05, 0.1) is 38.4 Å². The molecule has 2 aromatic rings. The Kier molecular flexibility index (Phi) is 6.70. The summed E-state index contributed by atoms with van der Waals surface area (Å²) in [6.07, 6.45) is 0.626. The third kappa shape index (κ3) is 4.30. The number of methoxy groups -OCH3 is 3. The Morgan fingerprint density at radius 1 is 1.03 bits per heavy atom. The van der Waals surface area contributed by atoms with E-state index in [4.69, 9.17) is 18.9 Å². The normalized spacial score (nSPS) is 19.9. The number of nitrogens with zero attached hydrogens (tertiary/aromatic N) is 1. The molecule has 0 aliphatic carbocycles. The number of hydrogen-bond donors (Lipinski definition) is 0. The van der Waals surface area contributed by atoms with Gasteiger partial charge in [-0.2, -0.15) is 4.31 Å². The maximum atomic E-state index is 13.3. The van der Waals surface area contributed by atoms with Gasteiger partial charge in [0.25, 0.3) is 0 Å². The number of ether oxygens (including phenoxy) is 4. The maximum absolute atomic E-state index is 13.3. The molecule has 2 atom stereocenters. The third-order valence-corrected chi connectivity index (χ3v) is 6.92. The monoisotopic (exact) mass is 433 g/mol. The molecule has 30 heavy (non-hydrogen) atoms. The zero-order valence-corrected chi connectivity index (χ0v) is 18.4. The van der Waals surface area contributed by atoms with Crippen molar-refractivity contribution in [3.63, 3.8) is 0 Å². The lowest BCUT2D eigenvalue weighted by Gasteiger charge is -2.36. The molecule has 3 rings (SSSR count). The van der Waals surface area contributed by atoms with Crippen molar-refractivity contribution < 1.29 is 27.4 Å². The number of hydrogen-bond acceptors (Lipinski definition) is 6. The summed E-state index contributed by atoms with van der Waals surface area (Å²) in [6, 6.07) is 10.4. The van der Waals surface area contributed by atoms with E-state index in [0.717, 1.165) is 11.1 Å². The van der Waals surface area contributed by atoms with Crippen molar-refractivity contribution in [2.75, 3.05) is 34.4 Å². The fourth-order valence-corrected chi connectivity index (χ4v) is 4.87. The largest absolute Gasteiger partial charge is 0.493 e. The second-order valence-electron chi connectivity index (χ2n) is 6.99. The molecule has 1 aliphatic rings. The number of rotatable bonds is 7. The number of benzene rings is 2. The molecule has 1 aliphatic heterocycles. The summed E-state index contributed by atoms with van der Waals surface area (Å²) in [5.41, 5.74) is 1.72. The molecule has 2 aromatic carbocycles. The van der Waals surface area contributed by atoms with Crippen molar-refractivity contribution in [2.45, 2.75) is 24.0 Å². The predicted octanol–water partition coefficient (Wildman–Crippen LogP) is 3.34. The topological polar surface area (TPSA) is 74.3 Å². The minimum absolute atomic E-state index is 0.152. The van der Waals surface area contributed by atoms with Crippen LogP contribution < -0.4 is 14.2 Å². The van der Waals surface area contributed by atoms with E-state index in [9.17, 15) is 8.42 Å². The molecule has 0 saturated carbocycles. The highest BCUT2D eigenvalue weighted by molar-refractivity contribution is 7.89. The van der Waals surface area contributed by atoms with Gasteiger partial charge in [-0.25, -0.2) is 8.42 Å². The fraction of sp³-hybridized carbons (Fsp3) is 0.364. The van der Waals surface area contributed by atoms with Crippen molar-refractivity contribution >= 4 is 10.0 Å². The molecule has 0 radical (unpaired) electrons. The summed E-state index contributed by atoms with van der Waals surface area (Å²) >= 11 is 0. The highest BCUT2D eigenvalue weighted by Gasteiger charge is 2.36. The first-order valence-corrected chi connectivity index (χ1v) is 10.9. The van der Waals surface area contributed by atoms with Crippen LogP contribution in [0.3, 0.4) is 0 Å². The Morgan fingerprint density at radius 3 is 2.13 bits per heavy atom. The van der Waals surface area contributed by atoms with E-state index < -0.39 is 22.2 Å². The zero-order valence-electron chi connectivity index (χ0n) is 17.6. The quantitative estimate of drug-likeness (QED) is 0.624. The summed E-state index contributed by atoms with van der Waals surface area (Å²) < 4.78 is 50.3. The first-order valence-electron chi connectivity index (χ1n) is 9.48. The second kappa shape index (κ2) is 9.07. The molecular formula is C22H27NO6S. The van der Waals surface area contributed by atoms with E-state index in [-0.39, 0.29) is 18.0 Å². The van der Waals surface area contributed by atoms with Crippen LogP contribution in [-0.2, 0) is 14.8 Å². The van der Waals surface area contributed by atoms with Gasteiger partial charge in [0.2, 0.25) is 15.8 Å². The lowest BCUT2D eigenvalue weighted by atomic mass is 10.1. The molecule has 1 fully saturated rings. The van der Waals surface area contributed by atoms with Crippen molar-refractivity contribution in [1.82, 2.24) is 4.31 Å². The minimum atomic E-state index is -3.69. The lowest BCUT2D eigenvalue weighted by Crippen LogP contribution is -2.46. The van der Waals surface area contributed by atoms with Gasteiger partial charge in [0.15, 0.2) is 11.5 Å². The van der Waals surface area contributed by atoms with Crippen LogP contribution in [0.2, 0.25) is 0 Å². The van der Waals surface area contributed by atoms with E-state index in [0.29, 0.717) is 17.2 Å². The molecule has 1 heterocycles. The highest BCUT2D eigenvalue weighted by Crippen LogP contribution is 2.41. The summed E-state index contributed by atoms with van der Waals surface area (Å²) in [5, 5.41) is 0. The second-order valence-corrected chi connectivity index (χ2v) is 8.93. The van der Waals surface area contributed by atoms with Gasteiger partial charge < -0.3 is 18.9 Å². The smallest absolute Gasteiger partial charge is 0.243 e. The molecule has 0 aromatic heterocycles. The SMILES string of the molecule is C=C[C@@H]1CN(S(=O)(=O)c2ccc(C)cc2)C[C@H](c2cc(OC)c(OC)c(OC)c2)O1. The van der Waals surface area contributed by atoms with Crippen LogP contribution in [0.15, 0.2) is 53.9 Å². The van der Waals surface area contributed by atoms with Crippen LogP contribution in [0.5, 0.6) is 17.2 Å². The minimum Gasteiger partial charge on any atom is -0.493 e. The van der Waals surface area contributed by atoms with E-state index in [1.54, 1.807) is 42.5 Å². The Labute approximate surface area is 177 Å². The number of aryl methyl sites for hydroxylation is 1. The summed E-state index contributed by atoms with van der Waals surface area (Å²) in [4.78, 5) is 0.251. The lowest BCUT2D eigenvalue weighted by molar-refractivity contribution is -0.0418. The van der Waals surface area contributed by atoms with E-state index in [2.05, 4.69) is 6.58 Å². The van der Waals surface area contributed by atoms with Crippen LogP contribution >= 0.6 is 0 Å². The van der Waals surface area contributed by atoms with Gasteiger partial charge in [-0.1, -0.05) is 23.8 Å². The van der Waals surface area contributed by atoms with Crippen LogP contribution in [0.1, 0.15) is 17.2 Å². The molecule has 0 unspecified atom stereocenters. The molecule has 162 valence electrons. The van der Waals surface area contributed by atoms with Crippen LogP contribution in [-0.4, -0.2) is 53.2 Å². The van der Waals surface area contributed by atoms with Crippen LogP contribution in [0, 0.1) is 6.92 Å². The number of morpholine rings is 1. The summed E-state index contributed by atoms with van der Waals surface area (Å²) in [6.45, 7) is 6.06. The van der Waals surface area contributed by atoms with Gasteiger partial charge in [-0.3, -0.25) is 0 Å². The van der Waals surface area contributed by atoms with Crippen LogP contribution in [0.4, 0.5) is 0 Å². The van der Waals surface area contributed by atoms with E-state index in [1.807, 2.05) is 6.92 Å². The Morgan fingerprint density at radius 2 is 1.63 bits per heavy atom. The maximum Gasteiger partial charge on any atom is 0.243 e. The van der Waals surface area contributed by atoms with Gasteiger partial charge >= 0.3 is 0 Å². The number of sulfonamides is 1. The van der Waals surface area contributed by atoms with Crippen molar-refractivity contribution in [3.8, 4) is 17.2 Å². The van der Waals surface area contributed by atoms with Gasteiger partial charge in [0, 0.05) is 13.1 Å². The molecule has 0 amide bonds. The van der Waals surface area contributed by atoms with Crippen molar-refractivity contribution in [1.29, 1.82) is 0 Å². The average molecular weight is 434 g/mol. The fourth-order valence-electron chi connectivity index (χ4n) is 3.41. The molecule has 0 spiro atoms. The molecule has 8 heteroatoms. The van der Waals surface area contributed by atoms with E-state index >= 15 is 0 Å². The molecular weight excluding hydrogens is 406 g/mol. The summed E-state index contributed by atoms with van der Waals surface area (Å²) in [7, 11) is 0.903. The van der Waals surface area contributed by atoms with Gasteiger partial charge in [-0.15, -0.1) is 6.58 Å². The Bertz CT molecular complexity index is 978.